The molecule has 1 aliphatic heterocycles. The summed E-state index contributed by atoms with van der Waals surface area (Å²) in [7, 11) is 0. The monoisotopic (exact) mass is 270 g/mol. The molecular weight excluding hydrogens is 244 g/mol. The molecular formula is C15H26O4. The Kier molecular flexibility index (Phi) is 4.05. The molecule has 5 atom stereocenters. The van der Waals surface area contributed by atoms with E-state index in [0.717, 1.165) is 25.5 Å². The van der Waals surface area contributed by atoms with Crippen LogP contribution in [0.15, 0.2) is 0 Å². The third-order valence-corrected chi connectivity index (χ3v) is 5.05. The van der Waals surface area contributed by atoms with Crippen LogP contribution in [0.25, 0.3) is 0 Å². The predicted octanol–water partition coefficient (Wildman–Crippen LogP) is 2.69. The highest BCUT2D eigenvalue weighted by Gasteiger charge is 2.56. The quantitative estimate of drug-likeness (QED) is 0.619. The molecule has 4 heteroatoms. The Labute approximate surface area is 115 Å². The van der Waals surface area contributed by atoms with Gasteiger partial charge in [-0.3, -0.25) is 4.79 Å². The van der Waals surface area contributed by atoms with Crippen LogP contribution in [0.2, 0.25) is 0 Å². The van der Waals surface area contributed by atoms with Gasteiger partial charge in [0.05, 0.1) is 0 Å². The van der Waals surface area contributed by atoms with Crippen molar-refractivity contribution in [2.45, 2.75) is 64.8 Å². The highest BCUT2D eigenvalue weighted by atomic mass is 17.2. The van der Waals surface area contributed by atoms with Gasteiger partial charge in [0, 0.05) is 18.3 Å². The molecule has 0 aromatic heterocycles. The number of hydrogen-bond acceptors (Lipinski definition) is 4. The SMILES string of the molecule is CC(C)[C@@H]1CC[C@@H](C)[C@@H]2CC[C@](C)(O)OO[C@@]12C=O. The molecule has 0 radical (unpaired) electrons. The zero-order valence-electron chi connectivity index (χ0n) is 12.4. The van der Waals surface area contributed by atoms with Crippen LogP contribution in [0.4, 0.5) is 0 Å². The smallest absolute Gasteiger partial charge is 0.196 e. The van der Waals surface area contributed by atoms with E-state index in [9.17, 15) is 9.90 Å². The molecule has 2 aliphatic rings. The number of hydrogen-bond donors (Lipinski definition) is 1. The molecule has 0 amide bonds. The Hall–Kier alpha value is -0.450. The predicted molar refractivity (Wildman–Crippen MR) is 71.0 cm³/mol. The van der Waals surface area contributed by atoms with Crippen molar-refractivity contribution >= 4 is 6.29 Å². The Bertz CT molecular complexity index is 339. The molecule has 1 saturated heterocycles. The molecule has 1 saturated carbocycles. The fraction of sp³-hybridized carbons (Fsp3) is 0.933. The van der Waals surface area contributed by atoms with Crippen LogP contribution in [0.1, 0.15) is 53.4 Å². The van der Waals surface area contributed by atoms with E-state index in [1.807, 2.05) is 0 Å². The van der Waals surface area contributed by atoms with Gasteiger partial charge in [0.1, 0.15) is 0 Å². The second-order valence-electron chi connectivity index (χ2n) is 6.86. The zero-order chi connectivity index (χ0) is 14.3. The number of aliphatic hydroxyl groups is 1. The van der Waals surface area contributed by atoms with Crippen molar-refractivity contribution in [1.82, 2.24) is 0 Å². The van der Waals surface area contributed by atoms with E-state index in [-0.39, 0.29) is 11.8 Å². The van der Waals surface area contributed by atoms with Crippen LogP contribution >= 0.6 is 0 Å². The number of carbonyl (C=O) groups excluding carboxylic acids is 1. The molecule has 2 rings (SSSR count). The third-order valence-electron chi connectivity index (χ3n) is 5.05. The maximum Gasteiger partial charge on any atom is 0.196 e. The molecule has 110 valence electrons. The Morgan fingerprint density at radius 2 is 1.95 bits per heavy atom. The fourth-order valence-electron chi connectivity index (χ4n) is 3.90. The normalized spacial score (nSPS) is 47.6. The van der Waals surface area contributed by atoms with Gasteiger partial charge in [-0.15, -0.1) is 0 Å². The van der Waals surface area contributed by atoms with Gasteiger partial charge >= 0.3 is 0 Å². The lowest BCUT2D eigenvalue weighted by atomic mass is 9.60. The van der Waals surface area contributed by atoms with Crippen LogP contribution in [-0.2, 0) is 14.6 Å². The van der Waals surface area contributed by atoms with Crippen LogP contribution < -0.4 is 0 Å². The van der Waals surface area contributed by atoms with Gasteiger partial charge in [-0.25, -0.2) is 9.78 Å². The van der Waals surface area contributed by atoms with Crippen molar-refractivity contribution in [1.29, 1.82) is 0 Å². The summed E-state index contributed by atoms with van der Waals surface area (Å²) in [6, 6.07) is 0. The minimum absolute atomic E-state index is 0.125. The summed E-state index contributed by atoms with van der Waals surface area (Å²) in [6.45, 7) is 8.01. The van der Waals surface area contributed by atoms with Gasteiger partial charge in [0.15, 0.2) is 17.7 Å². The highest BCUT2D eigenvalue weighted by molar-refractivity contribution is 5.64. The van der Waals surface area contributed by atoms with E-state index < -0.39 is 11.4 Å². The first-order valence-electron chi connectivity index (χ1n) is 7.38. The topological polar surface area (TPSA) is 55.8 Å². The number of fused-ring (bicyclic) bond motifs is 1. The lowest BCUT2D eigenvalue weighted by Crippen LogP contribution is -2.55. The van der Waals surface area contributed by atoms with Crippen molar-refractivity contribution in [3.63, 3.8) is 0 Å². The summed E-state index contributed by atoms with van der Waals surface area (Å²) < 4.78 is 0. The molecule has 4 nitrogen and oxygen atoms in total. The largest absolute Gasteiger partial charge is 0.363 e. The summed E-state index contributed by atoms with van der Waals surface area (Å²) in [6.07, 6.45) is 4.27. The number of aldehydes is 1. The summed E-state index contributed by atoms with van der Waals surface area (Å²) >= 11 is 0. The van der Waals surface area contributed by atoms with E-state index >= 15 is 0 Å². The fourth-order valence-corrected chi connectivity index (χ4v) is 3.90. The van der Waals surface area contributed by atoms with Crippen LogP contribution in [0.3, 0.4) is 0 Å². The van der Waals surface area contributed by atoms with Gasteiger partial charge in [-0.05, 0) is 38.0 Å². The molecule has 0 bridgehead atoms. The van der Waals surface area contributed by atoms with Gasteiger partial charge in [0.25, 0.3) is 0 Å². The average Bonchev–Trinajstić information content (AvgIpc) is 2.48. The Morgan fingerprint density at radius 1 is 1.26 bits per heavy atom. The first-order chi connectivity index (χ1) is 8.82. The van der Waals surface area contributed by atoms with Gasteiger partial charge < -0.3 is 5.11 Å². The van der Waals surface area contributed by atoms with E-state index in [2.05, 4.69) is 20.8 Å². The minimum atomic E-state index is -1.30. The molecule has 0 spiro atoms. The number of carbonyl (C=O) groups is 1. The Morgan fingerprint density at radius 3 is 2.53 bits per heavy atom. The van der Waals surface area contributed by atoms with Crippen LogP contribution in [-0.4, -0.2) is 22.8 Å². The second-order valence-corrected chi connectivity index (χ2v) is 6.86. The summed E-state index contributed by atoms with van der Waals surface area (Å²) in [5.41, 5.74) is -0.897. The highest BCUT2D eigenvalue weighted by Crippen LogP contribution is 2.50. The van der Waals surface area contributed by atoms with E-state index in [1.165, 1.54) is 0 Å². The summed E-state index contributed by atoms with van der Waals surface area (Å²) in [4.78, 5) is 22.6. The first-order valence-corrected chi connectivity index (χ1v) is 7.38. The number of rotatable bonds is 2. The Balaban J connectivity index is 2.37. The van der Waals surface area contributed by atoms with Crippen molar-refractivity contribution in [2.24, 2.45) is 23.7 Å². The third kappa shape index (κ3) is 2.58. The minimum Gasteiger partial charge on any atom is -0.363 e. The van der Waals surface area contributed by atoms with Crippen molar-refractivity contribution in [2.75, 3.05) is 0 Å². The first kappa shape index (κ1) is 14.9. The van der Waals surface area contributed by atoms with Crippen molar-refractivity contribution in [3.05, 3.63) is 0 Å². The van der Waals surface area contributed by atoms with Crippen LogP contribution in [0.5, 0.6) is 0 Å². The van der Waals surface area contributed by atoms with Gasteiger partial charge in [-0.1, -0.05) is 20.8 Å². The molecule has 0 unspecified atom stereocenters. The standard InChI is InChI=1S/C15H26O4/c1-10(2)12-6-5-11(3)13-7-8-14(4,17)18-19-15(12,13)9-16/h9-13,17H,5-8H2,1-4H3/t11-,12+,13+,14-,15+/m1/s1. The molecule has 0 aromatic rings. The van der Waals surface area contributed by atoms with Gasteiger partial charge in [-0.2, -0.15) is 0 Å². The zero-order valence-corrected chi connectivity index (χ0v) is 12.4. The van der Waals surface area contributed by atoms with Crippen molar-refractivity contribution in [3.8, 4) is 0 Å². The maximum atomic E-state index is 11.9. The van der Waals surface area contributed by atoms with Crippen LogP contribution in [0, 0.1) is 23.7 Å². The second kappa shape index (κ2) is 5.15. The van der Waals surface area contributed by atoms with Crippen molar-refractivity contribution < 1.29 is 19.7 Å². The molecule has 2 fully saturated rings. The van der Waals surface area contributed by atoms with Gasteiger partial charge in [0.2, 0.25) is 0 Å². The maximum absolute atomic E-state index is 11.9. The lowest BCUT2D eigenvalue weighted by molar-refractivity contribution is -0.452. The van der Waals surface area contributed by atoms with E-state index in [0.29, 0.717) is 18.3 Å². The average molecular weight is 270 g/mol. The molecule has 1 heterocycles. The molecule has 0 aromatic carbocycles. The molecule has 19 heavy (non-hydrogen) atoms. The summed E-state index contributed by atoms with van der Waals surface area (Å²) in [5, 5.41) is 10.1. The molecule has 1 N–H and O–H groups in total. The molecule has 1 aliphatic carbocycles. The van der Waals surface area contributed by atoms with E-state index in [1.54, 1.807) is 6.92 Å². The van der Waals surface area contributed by atoms with E-state index in [4.69, 9.17) is 9.78 Å². The lowest BCUT2D eigenvalue weighted by Gasteiger charge is -2.48. The summed E-state index contributed by atoms with van der Waals surface area (Å²) in [5.74, 6) is -0.251.